The summed E-state index contributed by atoms with van der Waals surface area (Å²) in [6.45, 7) is 3.73. The normalized spacial score (nSPS) is 27.2. The Balaban J connectivity index is 1.48. The summed E-state index contributed by atoms with van der Waals surface area (Å²) in [6.07, 6.45) is 4.82. The third-order valence-corrected chi connectivity index (χ3v) is 6.03. The zero-order valence-corrected chi connectivity index (χ0v) is 15.2. The van der Waals surface area contributed by atoms with Gasteiger partial charge < -0.3 is 0 Å². The molecule has 0 N–H and O–H groups in total. The molecule has 1 saturated heterocycles. The number of urea groups is 1. The summed E-state index contributed by atoms with van der Waals surface area (Å²) in [4.78, 5) is 42.3. The predicted octanol–water partition coefficient (Wildman–Crippen LogP) is 2.37. The largest absolute Gasteiger partial charge is 0.335 e. The number of nitrogens with zero attached hydrogens (tertiary/aromatic N) is 3. The zero-order chi connectivity index (χ0) is 18.3. The molecule has 2 fully saturated rings. The number of benzene rings is 1. The maximum absolute atomic E-state index is 12.9. The van der Waals surface area contributed by atoms with Crippen molar-refractivity contribution < 1.29 is 14.4 Å². The molecule has 1 aromatic rings. The molecule has 0 unspecified atom stereocenters. The molecule has 0 radical (unpaired) electrons. The van der Waals surface area contributed by atoms with E-state index in [1.807, 2.05) is 12.1 Å². The molecule has 4 rings (SSSR count). The van der Waals surface area contributed by atoms with Crippen molar-refractivity contribution in [3.05, 3.63) is 35.4 Å². The third kappa shape index (κ3) is 2.92. The number of rotatable bonds is 3. The van der Waals surface area contributed by atoms with Crippen molar-refractivity contribution in [1.82, 2.24) is 14.7 Å². The standard InChI is InChI=1S/C20H25N3O3/c1-14-6-2-5-9-17(14)23-19(25)18(24)22(20(23)26)13-21-11-10-15-7-3-4-8-16(15)12-21/h3-4,7-8,14,17H,2,5-6,9-13H2,1H3/t14-,17+/m0/s1. The quantitative estimate of drug-likeness (QED) is 0.617. The second-order valence-corrected chi connectivity index (χ2v) is 7.73. The maximum atomic E-state index is 12.9. The summed E-state index contributed by atoms with van der Waals surface area (Å²) in [6, 6.07) is 7.66. The lowest BCUT2D eigenvalue weighted by Gasteiger charge is -2.35. The first-order valence-corrected chi connectivity index (χ1v) is 9.54. The van der Waals surface area contributed by atoms with Crippen LogP contribution in [0.4, 0.5) is 4.79 Å². The topological polar surface area (TPSA) is 60.9 Å². The minimum absolute atomic E-state index is 0.139. The van der Waals surface area contributed by atoms with Gasteiger partial charge in [-0.1, -0.05) is 44.0 Å². The first-order valence-electron chi connectivity index (χ1n) is 9.54. The Morgan fingerprint density at radius 1 is 1.00 bits per heavy atom. The highest BCUT2D eigenvalue weighted by Gasteiger charge is 2.49. The lowest BCUT2D eigenvalue weighted by molar-refractivity contribution is -0.145. The van der Waals surface area contributed by atoms with Crippen molar-refractivity contribution in [3.63, 3.8) is 0 Å². The molecule has 2 aliphatic heterocycles. The summed E-state index contributed by atoms with van der Waals surface area (Å²) in [5, 5.41) is 0. The molecule has 6 heteroatoms. The van der Waals surface area contributed by atoms with Crippen LogP contribution in [0, 0.1) is 5.92 Å². The molecule has 0 spiro atoms. The van der Waals surface area contributed by atoms with Gasteiger partial charge in [-0.25, -0.2) is 9.69 Å². The van der Waals surface area contributed by atoms with Gasteiger partial charge in [-0.3, -0.25) is 19.4 Å². The second-order valence-electron chi connectivity index (χ2n) is 7.73. The molecule has 2 atom stereocenters. The number of hydrogen-bond donors (Lipinski definition) is 0. The average Bonchev–Trinajstić information content (AvgIpc) is 2.86. The van der Waals surface area contributed by atoms with E-state index in [-0.39, 0.29) is 18.6 Å². The molecule has 6 nitrogen and oxygen atoms in total. The molecule has 1 aliphatic carbocycles. The first kappa shape index (κ1) is 17.2. The highest BCUT2D eigenvalue weighted by atomic mass is 16.2. The number of carbonyl (C=O) groups is 3. The van der Waals surface area contributed by atoms with Crippen LogP contribution in [0.15, 0.2) is 24.3 Å². The average molecular weight is 355 g/mol. The molecule has 3 aliphatic rings. The van der Waals surface area contributed by atoms with Gasteiger partial charge >= 0.3 is 17.8 Å². The van der Waals surface area contributed by atoms with Crippen LogP contribution in [0.5, 0.6) is 0 Å². The van der Waals surface area contributed by atoms with Crippen molar-refractivity contribution in [2.45, 2.75) is 51.6 Å². The Kier molecular flexibility index (Phi) is 4.53. The Labute approximate surface area is 153 Å². The van der Waals surface area contributed by atoms with E-state index in [0.717, 1.165) is 43.5 Å². The molecule has 138 valence electrons. The van der Waals surface area contributed by atoms with Gasteiger partial charge in [0.05, 0.1) is 6.67 Å². The van der Waals surface area contributed by atoms with Crippen LogP contribution in [-0.2, 0) is 22.6 Å². The highest BCUT2D eigenvalue weighted by molar-refractivity contribution is 6.44. The molecular formula is C20H25N3O3. The van der Waals surface area contributed by atoms with Crippen LogP contribution in [0.1, 0.15) is 43.7 Å². The van der Waals surface area contributed by atoms with Gasteiger partial charge in [0, 0.05) is 19.1 Å². The summed E-state index contributed by atoms with van der Waals surface area (Å²) in [5.41, 5.74) is 2.54. The van der Waals surface area contributed by atoms with E-state index in [9.17, 15) is 14.4 Å². The van der Waals surface area contributed by atoms with Crippen molar-refractivity contribution in [3.8, 4) is 0 Å². The third-order valence-electron chi connectivity index (χ3n) is 6.03. The second kappa shape index (κ2) is 6.83. The molecule has 26 heavy (non-hydrogen) atoms. The summed E-state index contributed by atoms with van der Waals surface area (Å²) in [7, 11) is 0. The molecule has 4 amide bonds. The van der Waals surface area contributed by atoms with Crippen LogP contribution in [0.3, 0.4) is 0 Å². The lowest BCUT2D eigenvalue weighted by Crippen LogP contribution is -2.47. The van der Waals surface area contributed by atoms with Crippen LogP contribution in [-0.4, -0.2) is 51.8 Å². The Morgan fingerprint density at radius 3 is 2.50 bits per heavy atom. The van der Waals surface area contributed by atoms with E-state index < -0.39 is 17.8 Å². The van der Waals surface area contributed by atoms with E-state index >= 15 is 0 Å². The zero-order valence-electron chi connectivity index (χ0n) is 15.2. The number of carbonyl (C=O) groups excluding carboxylic acids is 3. The van der Waals surface area contributed by atoms with Crippen LogP contribution in [0.2, 0.25) is 0 Å². The van der Waals surface area contributed by atoms with E-state index in [4.69, 9.17) is 0 Å². The summed E-state index contributed by atoms with van der Waals surface area (Å²) < 4.78 is 0. The van der Waals surface area contributed by atoms with Crippen molar-refractivity contribution in [2.24, 2.45) is 5.92 Å². The molecule has 1 saturated carbocycles. The van der Waals surface area contributed by atoms with Crippen molar-refractivity contribution in [1.29, 1.82) is 0 Å². The first-order chi connectivity index (χ1) is 12.6. The molecule has 1 aromatic carbocycles. The Hall–Kier alpha value is -2.21. The van der Waals surface area contributed by atoms with Crippen LogP contribution >= 0.6 is 0 Å². The van der Waals surface area contributed by atoms with E-state index in [2.05, 4.69) is 24.0 Å². The number of amides is 4. The van der Waals surface area contributed by atoms with Gasteiger partial charge in [0.1, 0.15) is 0 Å². The van der Waals surface area contributed by atoms with Crippen molar-refractivity contribution in [2.75, 3.05) is 13.2 Å². The van der Waals surface area contributed by atoms with E-state index in [1.165, 1.54) is 16.0 Å². The fourth-order valence-corrected chi connectivity index (χ4v) is 4.49. The van der Waals surface area contributed by atoms with Crippen LogP contribution < -0.4 is 0 Å². The minimum atomic E-state index is -0.674. The minimum Gasteiger partial charge on any atom is -0.281 e. The maximum Gasteiger partial charge on any atom is 0.335 e. The highest BCUT2D eigenvalue weighted by Crippen LogP contribution is 2.31. The number of imide groups is 2. The number of fused-ring (bicyclic) bond motifs is 1. The summed E-state index contributed by atoms with van der Waals surface area (Å²) in [5.74, 6) is -1.07. The number of hydrogen-bond acceptors (Lipinski definition) is 4. The predicted molar refractivity (Wildman–Crippen MR) is 95.9 cm³/mol. The van der Waals surface area contributed by atoms with Gasteiger partial charge in [0.2, 0.25) is 0 Å². The summed E-state index contributed by atoms with van der Waals surface area (Å²) >= 11 is 0. The molecule has 0 aromatic heterocycles. The van der Waals surface area contributed by atoms with E-state index in [0.29, 0.717) is 6.54 Å². The molecular weight excluding hydrogens is 330 g/mol. The van der Waals surface area contributed by atoms with Gasteiger partial charge in [-0.05, 0) is 36.3 Å². The van der Waals surface area contributed by atoms with Gasteiger partial charge in [-0.2, -0.15) is 0 Å². The Bertz CT molecular complexity index is 748. The lowest BCUT2D eigenvalue weighted by atomic mass is 9.85. The Morgan fingerprint density at radius 2 is 1.73 bits per heavy atom. The van der Waals surface area contributed by atoms with Gasteiger partial charge in [0.15, 0.2) is 0 Å². The smallest absolute Gasteiger partial charge is 0.281 e. The SMILES string of the molecule is C[C@H]1CCCC[C@H]1N1C(=O)C(=O)N(CN2CCc3ccccc3C2)C1=O. The van der Waals surface area contributed by atoms with Gasteiger partial charge in [0.25, 0.3) is 0 Å². The monoisotopic (exact) mass is 355 g/mol. The van der Waals surface area contributed by atoms with E-state index in [1.54, 1.807) is 0 Å². The van der Waals surface area contributed by atoms with Gasteiger partial charge in [-0.15, -0.1) is 0 Å². The fourth-order valence-electron chi connectivity index (χ4n) is 4.49. The fraction of sp³-hybridized carbons (Fsp3) is 0.550. The van der Waals surface area contributed by atoms with Crippen molar-refractivity contribution >= 4 is 17.8 Å². The molecule has 0 bridgehead atoms. The van der Waals surface area contributed by atoms with Crippen LogP contribution in [0.25, 0.3) is 0 Å². The molecule has 2 heterocycles.